The minimum Gasteiger partial charge on any atom is -0.333 e. The van der Waals surface area contributed by atoms with E-state index in [0.717, 1.165) is 47.1 Å². The number of hydrogen-bond donors (Lipinski definition) is 0. The summed E-state index contributed by atoms with van der Waals surface area (Å²) in [6, 6.07) is 10.4. The van der Waals surface area contributed by atoms with Crippen molar-refractivity contribution < 1.29 is 4.79 Å². The molecule has 1 aliphatic heterocycles. The minimum absolute atomic E-state index is 0.109. The first-order chi connectivity index (χ1) is 13.1. The molecule has 0 aliphatic carbocycles. The van der Waals surface area contributed by atoms with E-state index in [9.17, 15) is 4.79 Å². The zero-order valence-corrected chi connectivity index (χ0v) is 16.2. The summed E-state index contributed by atoms with van der Waals surface area (Å²) in [7, 11) is 0. The van der Waals surface area contributed by atoms with Gasteiger partial charge in [0.1, 0.15) is 0 Å². The number of carbonyl (C=O) groups excluding carboxylic acids is 1. The average molecular weight is 362 g/mol. The summed E-state index contributed by atoms with van der Waals surface area (Å²) >= 11 is 0. The Hall–Kier alpha value is -2.69. The molecular formula is C22H26N4O. The Bertz CT molecular complexity index is 967. The fraction of sp³-hybridized carbons (Fsp3) is 0.409. The number of para-hydroxylation sites is 1. The first-order valence-corrected chi connectivity index (χ1v) is 9.83. The Balaban J connectivity index is 1.84. The standard InChI is InChI=1S/C22H26N4O/c1-4-25-14-17(13-23-25)21-12-19(18-10-5-6-11-20(18)24-21)22(27)26-15(2)8-7-9-16(26)3/h5-6,10-16H,4,7-9H2,1-3H3/t15-,16+. The van der Waals surface area contributed by atoms with Crippen LogP contribution in [0.2, 0.25) is 0 Å². The molecule has 27 heavy (non-hydrogen) atoms. The van der Waals surface area contributed by atoms with E-state index in [1.165, 1.54) is 6.42 Å². The van der Waals surface area contributed by atoms with Gasteiger partial charge in [-0.1, -0.05) is 18.2 Å². The lowest BCUT2D eigenvalue weighted by Gasteiger charge is -2.39. The van der Waals surface area contributed by atoms with E-state index >= 15 is 0 Å². The summed E-state index contributed by atoms with van der Waals surface area (Å²) in [6.07, 6.45) is 7.12. The topological polar surface area (TPSA) is 51.0 Å². The van der Waals surface area contributed by atoms with Gasteiger partial charge in [0.15, 0.2) is 0 Å². The molecule has 4 rings (SSSR count). The molecule has 140 valence electrons. The van der Waals surface area contributed by atoms with Crippen LogP contribution >= 0.6 is 0 Å². The number of benzene rings is 1. The number of aromatic nitrogens is 3. The van der Waals surface area contributed by atoms with Gasteiger partial charge in [0.2, 0.25) is 0 Å². The van der Waals surface area contributed by atoms with Crippen molar-refractivity contribution in [2.45, 2.75) is 58.7 Å². The van der Waals surface area contributed by atoms with Crippen LogP contribution in [0.1, 0.15) is 50.4 Å². The van der Waals surface area contributed by atoms with Gasteiger partial charge >= 0.3 is 0 Å². The molecule has 2 aromatic heterocycles. The maximum Gasteiger partial charge on any atom is 0.255 e. The lowest BCUT2D eigenvalue weighted by molar-refractivity contribution is 0.0513. The first kappa shape index (κ1) is 17.7. The third-order valence-electron chi connectivity index (χ3n) is 5.63. The molecule has 1 fully saturated rings. The predicted molar refractivity (Wildman–Crippen MR) is 108 cm³/mol. The van der Waals surface area contributed by atoms with Crippen molar-refractivity contribution in [2.24, 2.45) is 0 Å². The van der Waals surface area contributed by atoms with E-state index in [2.05, 4.69) is 30.8 Å². The molecule has 0 bridgehead atoms. The van der Waals surface area contributed by atoms with Crippen LogP contribution in [-0.2, 0) is 6.54 Å². The fourth-order valence-electron chi connectivity index (χ4n) is 4.13. The summed E-state index contributed by atoms with van der Waals surface area (Å²) in [5.41, 5.74) is 3.32. The molecule has 1 amide bonds. The van der Waals surface area contributed by atoms with Crippen molar-refractivity contribution in [3.8, 4) is 11.3 Å². The molecule has 1 aromatic carbocycles. The number of hydrogen-bond acceptors (Lipinski definition) is 3. The van der Waals surface area contributed by atoms with Gasteiger partial charge < -0.3 is 4.90 Å². The predicted octanol–water partition coefficient (Wildman–Crippen LogP) is 4.52. The lowest BCUT2D eigenvalue weighted by atomic mass is 9.95. The van der Waals surface area contributed by atoms with Crippen LogP contribution < -0.4 is 0 Å². The number of piperidine rings is 1. The molecule has 5 heteroatoms. The third-order valence-corrected chi connectivity index (χ3v) is 5.63. The number of likely N-dealkylation sites (tertiary alicyclic amines) is 1. The van der Waals surface area contributed by atoms with Crippen molar-refractivity contribution in [1.29, 1.82) is 0 Å². The Morgan fingerprint density at radius 2 is 1.93 bits per heavy atom. The molecule has 3 aromatic rings. The molecule has 1 aliphatic rings. The van der Waals surface area contributed by atoms with Gasteiger partial charge in [-0.2, -0.15) is 5.10 Å². The minimum atomic E-state index is 0.109. The third kappa shape index (κ3) is 3.22. The second-order valence-corrected chi connectivity index (χ2v) is 7.50. The zero-order chi connectivity index (χ0) is 19.0. The molecule has 5 nitrogen and oxygen atoms in total. The highest BCUT2D eigenvalue weighted by Gasteiger charge is 2.30. The Labute approximate surface area is 160 Å². The Kier molecular flexibility index (Phi) is 4.68. The number of nitrogens with zero attached hydrogens (tertiary/aromatic N) is 4. The summed E-state index contributed by atoms with van der Waals surface area (Å²) in [5, 5.41) is 5.28. The maximum absolute atomic E-state index is 13.6. The monoisotopic (exact) mass is 362 g/mol. The second-order valence-electron chi connectivity index (χ2n) is 7.50. The average Bonchev–Trinajstić information content (AvgIpc) is 3.16. The summed E-state index contributed by atoms with van der Waals surface area (Å²) in [4.78, 5) is 20.4. The van der Waals surface area contributed by atoms with Crippen molar-refractivity contribution in [3.63, 3.8) is 0 Å². The van der Waals surface area contributed by atoms with E-state index in [0.29, 0.717) is 0 Å². The highest BCUT2D eigenvalue weighted by Crippen LogP contribution is 2.29. The van der Waals surface area contributed by atoms with E-state index in [4.69, 9.17) is 4.98 Å². The molecule has 0 saturated carbocycles. The zero-order valence-electron chi connectivity index (χ0n) is 16.2. The van der Waals surface area contributed by atoms with E-state index in [1.807, 2.05) is 47.4 Å². The fourth-order valence-corrected chi connectivity index (χ4v) is 4.13. The van der Waals surface area contributed by atoms with Crippen LogP contribution in [0, 0.1) is 0 Å². The molecule has 0 spiro atoms. The van der Waals surface area contributed by atoms with Crippen LogP contribution in [0.3, 0.4) is 0 Å². The number of rotatable bonds is 3. The molecule has 2 atom stereocenters. The van der Waals surface area contributed by atoms with Crippen molar-refractivity contribution >= 4 is 16.8 Å². The van der Waals surface area contributed by atoms with Gasteiger partial charge in [0.05, 0.1) is 23.0 Å². The van der Waals surface area contributed by atoms with Crippen LogP contribution in [0.5, 0.6) is 0 Å². The lowest BCUT2D eigenvalue weighted by Crippen LogP contribution is -2.47. The van der Waals surface area contributed by atoms with Gasteiger partial charge in [-0.15, -0.1) is 0 Å². The van der Waals surface area contributed by atoms with Gasteiger partial charge in [-0.05, 0) is 52.2 Å². The molecule has 0 unspecified atom stereocenters. The van der Waals surface area contributed by atoms with Crippen LogP contribution in [0.15, 0.2) is 42.7 Å². The van der Waals surface area contributed by atoms with Crippen LogP contribution in [0.4, 0.5) is 0 Å². The molecule has 3 heterocycles. The van der Waals surface area contributed by atoms with Crippen LogP contribution in [0.25, 0.3) is 22.2 Å². The van der Waals surface area contributed by atoms with Gasteiger partial charge in [0.25, 0.3) is 5.91 Å². The number of pyridine rings is 1. The highest BCUT2D eigenvalue weighted by atomic mass is 16.2. The number of fused-ring (bicyclic) bond motifs is 1. The maximum atomic E-state index is 13.6. The quantitative estimate of drug-likeness (QED) is 0.688. The highest BCUT2D eigenvalue weighted by molar-refractivity contribution is 6.07. The van der Waals surface area contributed by atoms with Crippen molar-refractivity contribution in [1.82, 2.24) is 19.7 Å². The number of aryl methyl sites for hydroxylation is 1. The summed E-state index contributed by atoms with van der Waals surface area (Å²) in [6.45, 7) is 7.17. The summed E-state index contributed by atoms with van der Waals surface area (Å²) < 4.78 is 1.88. The smallest absolute Gasteiger partial charge is 0.255 e. The number of carbonyl (C=O) groups is 1. The van der Waals surface area contributed by atoms with Gasteiger partial charge in [-0.25, -0.2) is 4.98 Å². The SMILES string of the molecule is CCn1cc(-c2cc(C(=O)N3[C@H](C)CCC[C@@H]3C)c3ccccc3n2)cn1. The van der Waals surface area contributed by atoms with E-state index in [-0.39, 0.29) is 18.0 Å². The normalized spacial score (nSPS) is 20.2. The second kappa shape index (κ2) is 7.14. The first-order valence-electron chi connectivity index (χ1n) is 9.83. The number of amides is 1. The van der Waals surface area contributed by atoms with Gasteiger partial charge in [0, 0.05) is 35.8 Å². The van der Waals surface area contributed by atoms with Gasteiger partial charge in [-0.3, -0.25) is 9.48 Å². The van der Waals surface area contributed by atoms with E-state index < -0.39 is 0 Å². The molecule has 0 radical (unpaired) electrons. The molecular weight excluding hydrogens is 336 g/mol. The molecule has 1 saturated heterocycles. The summed E-state index contributed by atoms with van der Waals surface area (Å²) in [5.74, 6) is 0.109. The van der Waals surface area contributed by atoms with E-state index in [1.54, 1.807) is 0 Å². The largest absolute Gasteiger partial charge is 0.333 e. The van der Waals surface area contributed by atoms with Crippen molar-refractivity contribution in [2.75, 3.05) is 0 Å². The molecule has 0 N–H and O–H groups in total. The Morgan fingerprint density at radius 1 is 1.19 bits per heavy atom. The van der Waals surface area contributed by atoms with Crippen LogP contribution in [-0.4, -0.2) is 37.7 Å². The Morgan fingerprint density at radius 3 is 2.63 bits per heavy atom. The van der Waals surface area contributed by atoms with Crippen molar-refractivity contribution in [3.05, 3.63) is 48.3 Å².